The van der Waals surface area contributed by atoms with E-state index in [9.17, 15) is 4.79 Å². The van der Waals surface area contributed by atoms with E-state index in [2.05, 4.69) is 0 Å². The highest BCUT2D eigenvalue weighted by Gasteiger charge is 2.41. The molecule has 2 fully saturated rings. The molecule has 2 aliphatic rings. The van der Waals surface area contributed by atoms with Crippen LogP contribution in [0.15, 0.2) is 30.3 Å². The summed E-state index contributed by atoms with van der Waals surface area (Å²) in [4.78, 5) is 11.9. The second-order valence-corrected chi connectivity index (χ2v) is 4.98. The Kier molecular flexibility index (Phi) is 2.43. The van der Waals surface area contributed by atoms with E-state index in [1.807, 2.05) is 30.3 Å². The van der Waals surface area contributed by atoms with Crippen molar-refractivity contribution < 1.29 is 9.53 Å². The van der Waals surface area contributed by atoms with Crippen molar-refractivity contribution in [1.29, 1.82) is 0 Å². The van der Waals surface area contributed by atoms with Crippen LogP contribution < -0.4 is 0 Å². The van der Waals surface area contributed by atoms with Crippen molar-refractivity contribution in [3.63, 3.8) is 0 Å². The number of hydrogen-bond acceptors (Lipinski definition) is 2. The molecule has 0 saturated heterocycles. The van der Waals surface area contributed by atoms with Crippen LogP contribution >= 0.6 is 0 Å². The van der Waals surface area contributed by atoms with Gasteiger partial charge in [-0.05, 0) is 49.7 Å². The van der Waals surface area contributed by atoms with Gasteiger partial charge in [0, 0.05) is 0 Å². The van der Waals surface area contributed by atoms with Crippen LogP contribution in [0, 0.1) is 11.8 Å². The standard InChI is InChI=1S/C14H16O2/c15-14(11-4-2-1-3-5-11)16-13-9-10-6-7-12(13)8-10/h1-5,10,12-13H,6-9H2/t10-,12+,13+/m0/s1. The topological polar surface area (TPSA) is 26.3 Å². The molecule has 0 N–H and O–H groups in total. The first-order chi connectivity index (χ1) is 7.83. The largest absolute Gasteiger partial charge is 0.458 e. The van der Waals surface area contributed by atoms with Crippen molar-refractivity contribution in [3.8, 4) is 0 Å². The molecule has 2 saturated carbocycles. The predicted molar refractivity (Wildman–Crippen MR) is 61.1 cm³/mol. The highest BCUT2D eigenvalue weighted by atomic mass is 16.5. The summed E-state index contributed by atoms with van der Waals surface area (Å²) in [6.07, 6.45) is 5.13. The van der Waals surface area contributed by atoms with Gasteiger partial charge in [0.2, 0.25) is 0 Å². The van der Waals surface area contributed by atoms with Crippen LogP contribution in [0.1, 0.15) is 36.0 Å². The lowest BCUT2D eigenvalue weighted by Gasteiger charge is -2.21. The molecule has 84 valence electrons. The fraction of sp³-hybridized carbons (Fsp3) is 0.500. The first-order valence-electron chi connectivity index (χ1n) is 6.09. The van der Waals surface area contributed by atoms with E-state index in [1.54, 1.807) is 0 Å². The summed E-state index contributed by atoms with van der Waals surface area (Å²) in [5, 5.41) is 0. The maximum absolute atomic E-state index is 11.9. The van der Waals surface area contributed by atoms with E-state index >= 15 is 0 Å². The highest BCUT2D eigenvalue weighted by molar-refractivity contribution is 5.89. The Balaban J connectivity index is 1.65. The maximum atomic E-state index is 11.9. The molecule has 2 bridgehead atoms. The molecule has 0 amide bonds. The number of benzene rings is 1. The second kappa shape index (κ2) is 3.93. The van der Waals surface area contributed by atoms with Gasteiger partial charge in [-0.2, -0.15) is 0 Å². The number of hydrogen-bond donors (Lipinski definition) is 0. The molecule has 1 aromatic rings. The van der Waals surface area contributed by atoms with Gasteiger partial charge >= 0.3 is 5.97 Å². The summed E-state index contributed by atoms with van der Waals surface area (Å²) in [6, 6.07) is 9.29. The molecule has 0 aromatic heterocycles. The fourth-order valence-corrected chi connectivity index (χ4v) is 3.11. The molecule has 2 heteroatoms. The van der Waals surface area contributed by atoms with Crippen molar-refractivity contribution in [2.45, 2.75) is 31.8 Å². The molecule has 2 aliphatic carbocycles. The van der Waals surface area contributed by atoms with Crippen LogP contribution in [0.25, 0.3) is 0 Å². The summed E-state index contributed by atoms with van der Waals surface area (Å²) >= 11 is 0. The molecule has 16 heavy (non-hydrogen) atoms. The van der Waals surface area contributed by atoms with Gasteiger partial charge in [0.15, 0.2) is 0 Å². The number of carbonyl (C=O) groups excluding carboxylic acids is 1. The van der Waals surface area contributed by atoms with Gasteiger partial charge in [0.25, 0.3) is 0 Å². The molecular weight excluding hydrogens is 200 g/mol. The van der Waals surface area contributed by atoms with E-state index in [0.717, 1.165) is 12.3 Å². The summed E-state index contributed by atoms with van der Waals surface area (Å²) in [6.45, 7) is 0. The number of rotatable bonds is 2. The van der Waals surface area contributed by atoms with Gasteiger partial charge in [-0.3, -0.25) is 0 Å². The summed E-state index contributed by atoms with van der Waals surface area (Å²) in [5.41, 5.74) is 0.672. The molecule has 1 aromatic carbocycles. The Morgan fingerprint density at radius 2 is 1.94 bits per heavy atom. The van der Waals surface area contributed by atoms with Crippen molar-refractivity contribution in [3.05, 3.63) is 35.9 Å². The summed E-state index contributed by atoms with van der Waals surface area (Å²) < 4.78 is 5.59. The highest BCUT2D eigenvalue weighted by Crippen LogP contribution is 2.46. The van der Waals surface area contributed by atoms with Crippen molar-refractivity contribution >= 4 is 5.97 Å². The van der Waals surface area contributed by atoms with Gasteiger partial charge in [-0.25, -0.2) is 4.79 Å². The lowest BCUT2D eigenvalue weighted by Crippen LogP contribution is -2.24. The summed E-state index contributed by atoms with van der Waals surface area (Å²) in [7, 11) is 0. The van der Waals surface area contributed by atoms with Crippen LogP contribution in [-0.2, 0) is 4.74 Å². The average Bonchev–Trinajstić information content (AvgIpc) is 2.92. The van der Waals surface area contributed by atoms with Gasteiger partial charge in [-0.1, -0.05) is 18.2 Å². The third-order valence-electron chi connectivity index (χ3n) is 3.94. The normalized spacial score (nSPS) is 31.6. The Morgan fingerprint density at radius 1 is 1.12 bits per heavy atom. The maximum Gasteiger partial charge on any atom is 0.338 e. The molecule has 3 atom stereocenters. The third kappa shape index (κ3) is 1.73. The lowest BCUT2D eigenvalue weighted by molar-refractivity contribution is 0.0158. The average molecular weight is 216 g/mol. The van der Waals surface area contributed by atoms with Crippen LogP contribution in [0.4, 0.5) is 0 Å². The van der Waals surface area contributed by atoms with Crippen LogP contribution in [-0.4, -0.2) is 12.1 Å². The molecule has 0 heterocycles. The van der Waals surface area contributed by atoms with E-state index in [-0.39, 0.29) is 12.1 Å². The smallest absolute Gasteiger partial charge is 0.338 e. The third-order valence-corrected chi connectivity index (χ3v) is 3.94. The second-order valence-electron chi connectivity index (χ2n) is 4.98. The van der Waals surface area contributed by atoms with Gasteiger partial charge in [0.05, 0.1) is 5.56 Å². The molecule has 0 unspecified atom stereocenters. The van der Waals surface area contributed by atoms with E-state index in [0.29, 0.717) is 11.5 Å². The molecule has 0 aliphatic heterocycles. The number of carbonyl (C=O) groups is 1. The van der Waals surface area contributed by atoms with Gasteiger partial charge in [-0.15, -0.1) is 0 Å². The zero-order valence-corrected chi connectivity index (χ0v) is 9.26. The molecule has 0 radical (unpaired) electrons. The van der Waals surface area contributed by atoms with E-state index < -0.39 is 0 Å². The lowest BCUT2D eigenvalue weighted by atomic mass is 9.98. The Bertz CT molecular complexity index is 385. The Morgan fingerprint density at radius 3 is 2.56 bits per heavy atom. The zero-order chi connectivity index (χ0) is 11.0. The monoisotopic (exact) mass is 216 g/mol. The van der Waals surface area contributed by atoms with Crippen LogP contribution in [0.5, 0.6) is 0 Å². The molecular formula is C14H16O2. The van der Waals surface area contributed by atoms with Crippen LogP contribution in [0.2, 0.25) is 0 Å². The zero-order valence-electron chi connectivity index (χ0n) is 9.26. The Hall–Kier alpha value is -1.31. The minimum atomic E-state index is -0.154. The predicted octanol–water partition coefficient (Wildman–Crippen LogP) is 3.03. The quantitative estimate of drug-likeness (QED) is 0.710. The van der Waals surface area contributed by atoms with Gasteiger partial charge < -0.3 is 4.74 Å². The fourth-order valence-electron chi connectivity index (χ4n) is 3.11. The number of esters is 1. The summed E-state index contributed by atoms with van der Waals surface area (Å²) in [5.74, 6) is 1.30. The first kappa shape index (κ1) is 9.88. The van der Waals surface area contributed by atoms with Gasteiger partial charge in [0.1, 0.15) is 6.10 Å². The molecule has 2 nitrogen and oxygen atoms in total. The SMILES string of the molecule is O=C(O[C@@H]1C[C@H]2CC[C@@H]1C2)c1ccccc1. The Labute approximate surface area is 95.6 Å². The van der Waals surface area contributed by atoms with Crippen molar-refractivity contribution in [2.75, 3.05) is 0 Å². The van der Waals surface area contributed by atoms with Crippen molar-refractivity contribution in [2.24, 2.45) is 11.8 Å². The van der Waals surface area contributed by atoms with Crippen molar-refractivity contribution in [1.82, 2.24) is 0 Å². The minimum Gasteiger partial charge on any atom is -0.458 e. The number of fused-ring (bicyclic) bond motifs is 2. The molecule has 3 rings (SSSR count). The minimum absolute atomic E-state index is 0.154. The molecule has 0 spiro atoms. The van der Waals surface area contributed by atoms with Crippen LogP contribution in [0.3, 0.4) is 0 Å². The number of ether oxygens (including phenoxy) is 1. The van der Waals surface area contributed by atoms with E-state index in [4.69, 9.17) is 4.74 Å². The van der Waals surface area contributed by atoms with E-state index in [1.165, 1.54) is 19.3 Å². The first-order valence-corrected chi connectivity index (χ1v) is 6.09.